The third-order valence-corrected chi connectivity index (χ3v) is 14.7. The molecule has 35 heavy (non-hydrogen) atoms. The van der Waals surface area contributed by atoms with E-state index in [0.717, 1.165) is 11.0 Å². The van der Waals surface area contributed by atoms with E-state index in [1.165, 1.54) is 15.9 Å². The largest absolute Gasteiger partial charge is 1.00 e. The number of alkyl halides is 1. The van der Waals surface area contributed by atoms with Crippen LogP contribution in [-0.4, -0.2) is 8.95 Å². The van der Waals surface area contributed by atoms with E-state index in [9.17, 15) is 4.79 Å². The normalized spacial score (nSPS) is 13.1. The lowest BCUT2D eigenvalue weighted by atomic mass is 10.1. The number of fused-ring (bicyclic) bond motifs is 1. The van der Waals surface area contributed by atoms with Gasteiger partial charge in [-0.05, 0) is 71.1 Å². The molecule has 0 bridgehead atoms. The van der Waals surface area contributed by atoms with E-state index in [2.05, 4.69) is 102 Å². The van der Waals surface area contributed by atoms with E-state index in [4.69, 9.17) is 4.42 Å². The molecule has 0 spiro atoms. The summed E-state index contributed by atoms with van der Waals surface area (Å²) in [6.45, 7) is 2.12. The number of carbonyl (C=O) groups excluding carboxylic acids is 1. The van der Waals surface area contributed by atoms with Crippen molar-refractivity contribution in [3.63, 3.8) is 0 Å². The topological polar surface area (TPSA) is 30.2 Å². The first-order valence-corrected chi connectivity index (χ1v) is 14.3. The summed E-state index contributed by atoms with van der Waals surface area (Å²) >= 11 is 2.46. The van der Waals surface area contributed by atoms with Crippen LogP contribution in [0, 0.1) is 0 Å². The maximum atomic E-state index is 14.6. The monoisotopic (exact) mass is 702 g/mol. The summed E-state index contributed by atoms with van der Waals surface area (Å²) in [7, 11) is -2.46. The van der Waals surface area contributed by atoms with Crippen LogP contribution in [0.5, 0.6) is 0 Å². The van der Waals surface area contributed by atoms with E-state index in [0.29, 0.717) is 12.2 Å². The van der Waals surface area contributed by atoms with Crippen molar-refractivity contribution in [3.05, 3.63) is 127 Å². The van der Waals surface area contributed by atoms with Gasteiger partial charge in [0.15, 0.2) is 5.76 Å². The summed E-state index contributed by atoms with van der Waals surface area (Å²) in [6, 6.07) is 41.4. The highest BCUT2D eigenvalue weighted by Gasteiger charge is 2.65. The Morgan fingerprint density at radius 1 is 0.743 bits per heavy atom. The van der Waals surface area contributed by atoms with Gasteiger partial charge in [-0.1, -0.05) is 79.7 Å². The molecule has 0 amide bonds. The smallest absolute Gasteiger partial charge is 0.252 e. The average Bonchev–Trinajstić information content (AvgIpc) is 3.35. The van der Waals surface area contributed by atoms with E-state index >= 15 is 0 Å². The predicted octanol–water partition coefficient (Wildman–Crippen LogP) is 4.15. The SMILES string of the molecule is CCC(I)(C(=O)c1cc2ccccc2o1)[P+](c1ccccc1)(c1ccccc1)c1ccccc1.[I-]. The van der Waals surface area contributed by atoms with Gasteiger partial charge < -0.3 is 28.4 Å². The van der Waals surface area contributed by atoms with Crippen LogP contribution >= 0.6 is 29.9 Å². The molecular formula is C30H25I2O2P. The van der Waals surface area contributed by atoms with Gasteiger partial charge in [0.1, 0.15) is 28.8 Å². The molecule has 0 saturated carbocycles. The minimum atomic E-state index is -2.46. The van der Waals surface area contributed by atoms with Crippen LogP contribution in [-0.2, 0) is 0 Å². The Bertz CT molecular complexity index is 1290. The molecular weight excluding hydrogens is 677 g/mol. The summed E-state index contributed by atoms with van der Waals surface area (Å²) in [6.07, 6.45) is 0.663. The number of ketones is 1. The van der Waals surface area contributed by atoms with Gasteiger partial charge in [0.2, 0.25) is 3.16 Å². The van der Waals surface area contributed by atoms with Crippen molar-refractivity contribution in [1.82, 2.24) is 0 Å². The van der Waals surface area contributed by atoms with Gasteiger partial charge in [0.05, 0.1) is 0 Å². The van der Waals surface area contributed by atoms with Gasteiger partial charge in [-0.15, -0.1) is 0 Å². The first kappa shape index (κ1) is 26.1. The fourth-order valence-corrected chi connectivity index (χ4v) is 12.5. The quantitative estimate of drug-likeness (QED) is 0.111. The van der Waals surface area contributed by atoms with Gasteiger partial charge >= 0.3 is 0 Å². The Balaban J connectivity index is 0.00000289. The van der Waals surface area contributed by atoms with Crippen molar-refractivity contribution in [1.29, 1.82) is 0 Å². The number of hydrogen-bond acceptors (Lipinski definition) is 2. The van der Waals surface area contributed by atoms with Crippen LogP contribution in [0.25, 0.3) is 11.0 Å². The fraction of sp³-hybridized carbons (Fsp3) is 0.100. The molecule has 0 aliphatic heterocycles. The fourth-order valence-electron chi connectivity index (χ4n) is 4.85. The molecule has 5 aromatic rings. The van der Waals surface area contributed by atoms with E-state index in [-0.39, 0.29) is 29.8 Å². The Morgan fingerprint density at radius 2 is 1.17 bits per heavy atom. The minimum Gasteiger partial charge on any atom is -1.00 e. The number of carbonyl (C=O) groups is 1. The van der Waals surface area contributed by atoms with Gasteiger partial charge in [-0.25, -0.2) is 0 Å². The van der Waals surface area contributed by atoms with Gasteiger partial charge in [-0.2, -0.15) is 0 Å². The molecule has 176 valence electrons. The van der Waals surface area contributed by atoms with Crippen LogP contribution in [0.15, 0.2) is 126 Å². The summed E-state index contributed by atoms with van der Waals surface area (Å²) in [4.78, 5) is 14.6. The second-order valence-electron chi connectivity index (χ2n) is 8.27. The summed E-state index contributed by atoms with van der Waals surface area (Å²) in [5, 5.41) is 4.51. The highest BCUT2D eigenvalue weighted by atomic mass is 127. The Hall–Kier alpha value is -2.02. The third kappa shape index (κ3) is 4.38. The predicted molar refractivity (Wildman–Crippen MR) is 153 cm³/mol. The number of Topliss-reactive ketones (excluding diaryl/α,β-unsaturated/α-hetero) is 1. The lowest BCUT2D eigenvalue weighted by molar-refractivity contribution is -0.0000142. The van der Waals surface area contributed by atoms with Crippen LogP contribution in [0.4, 0.5) is 0 Å². The lowest BCUT2D eigenvalue weighted by Crippen LogP contribution is -3.00. The number of para-hydroxylation sites is 1. The standard InChI is InChI=1S/C30H25IO2P.HI/c1-2-30(31,29(32)28-22-23-14-12-13-21-27(23)33-28)34(24-15-6-3-7-16-24,25-17-8-4-9-18-25)26-19-10-5-11-20-26;/h3-22H,2H2,1H3;1H/q+1;/p-1. The van der Waals surface area contributed by atoms with Crippen molar-refractivity contribution in [2.45, 2.75) is 16.5 Å². The van der Waals surface area contributed by atoms with Crippen molar-refractivity contribution in [2.75, 3.05) is 0 Å². The molecule has 4 aromatic carbocycles. The molecule has 0 N–H and O–H groups in total. The molecule has 1 aromatic heterocycles. The summed E-state index contributed by atoms with van der Waals surface area (Å²) < 4.78 is 5.40. The second kappa shape index (κ2) is 10.9. The first-order valence-electron chi connectivity index (χ1n) is 11.4. The highest BCUT2D eigenvalue weighted by molar-refractivity contribution is 14.1. The molecule has 0 aliphatic rings. The summed E-state index contributed by atoms with van der Waals surface area (Å²) in [5.41, 5.74) is 0.740. The van der Waals surface area contributed by atoms with Gasteiger partial charge in [0, 0.05) is 11.8 Å². The van der Waals surface area contributed by atoms with Crippen molar-refractivity contribution in [2.24, 2.45) is 0 Å². The Kier molecular flexibility index (Phi) is 8.14. The maximum Gasteiger partial charge on any atom is 0.252 e. The van der Waals surface area contributed by atoms with Gasteiger partial charge in [0.25, 0.3) is 5.78 Å². The first-order chi connectivity index (χ1) is 16.6. The van der Waals surface area contributed by atoms with E-state index in [1.54, 1.807) is 0 Å². The highest BCUT2D eigenvalue weighted by Crippen LogP contribution is 2.71. The zero-order chi connectivity index (χ0) is 23.6. The van der Waals surface area contributed by atoms with Crippen molar-refractivity contribution in [3.8, 4) is 0 Å². The molecule has 0 fully saturated rings. The number of hydrogen-bond donors (Lipinski definition) is 0. The molecule has 0 saturated heterocycles. The van der Waals surface area contributed by atoms with Crippen LogP contribution in [0.1, 0.15) is 23.9 Å². The van der Waals surface area contributed by atoms with Crippen LogP contribution in [0.2, 0.25) is 0 Å². The number of rotatable bonds is 7. The van der Waals surface area contributed by atoms with Crippen molar-refractivity contribution >= 4 is 62.5 Å². The minimum absolute atomic E-state index is 0. The Labute approximate surface area is 237 Å². The molecule has 1 unspecified atom stereocenters. The molecule has 5 rings (SSSR count). The van der Waals surface area contributed by atoms with Crippen LogP contribution < -0.4 is 39.9 Å². The zero-order valence-electron chi connectivity index (χ0n) is 19.3. The van der Waals surface area contributed by atoms with Crippen LogP contribution in [0.3, 0.4) is 0 Å². The molecule has 1 atom stereocenters. The number of benzene rings is 4. The number of halogens is 2. The Morgan fingerprint density at radius 3 is 1.60 bits per heavy atom. The third-order valence-electron chi connectivity index (χ3n) is 6.43. The van der Waals surface area contributed by atoms with E-state index in [1.807, 2.05) is 48.5 Å². The molecule has 5 heteroatoms. The maximum absolute atomic E-state index is 14.6. The molecule has 0 radical (unpaired) electrons. The molecule has 2 nitrogen and oxygen atoms in total. The average molecular weight is 702 g/mol. The van der Waals surface area contributed by atoms with E-state index < -0.39 is 10.4 Å². The molecule has 1 heterocycles. The van der Waals surface area contributed by atoms with Crippen molar-refractivity contribution < 1.29 is 33.2 Å². The van der Waals surface area contributed by atoms with Gasteiger partial charge in [-0.3, -0.25) is 4.79 Å². The number of furan rings is 1. The zero-order valence-corrected chi connectivity index (χ0v) is 24.5. The second-order valence-corrected chi connectivity index (χ2v) is 14.6. The lowest BCUT2D eigenvalue weighted by Gasteiger charge is -2.39. The summed E-state index contributed by atoms with van der Waals surface area (Å²) in [5.74, 6) is 0.460. The molecule has 0 aliphatic carbocycles.